The molecule has 0 atom stereocenters. The Hall–Kier alpha value is -2.38. The van der Waals surface area contributed by atoms with E-state index in [4.69, 9.17) is 15.2 Å². The Bertz CT molecular complexity index is 828. The number of aromatic nitrogens is 1. The maximum atomic E-state index is 12.5. The zero-order valence-electron chi connectivity index (χ0n) is 14.6. The SMILES string of the molecule is NC(=O)c1cc2cc(CCC(=O)N3CCC4(CC3)OCCO4)ccc2[nH]1. The van der Waals surface area contributed by atoms with Crippen LogP contribution in [0.2, 0.25) is 0 Å². The topological polar surface area (TPSA) is 97.7 Å². The fourth-order valence-electron chi connectivity index (χ4n) is 3.76. The number of hydrogen-bond acceptors (Lipinski definition) is 4. The maximum Gasteiger partial charge on any atom is 0.265 e. The normalized spacial score (nSPS) is 19.3. The van der Waals surface area contributed by atoms with Gasteiger partial charge in [-0.05, 0) is 30.2 Å². The number of carbonyl (C=O) groups is 2. The average molecular weight is 357 g/mol. The number of piperidine rings is 1. The number of nitrogens with one attached hydrogen (secondary N) is 1. The van der Waals surface area contributed by atoms with Crippen LogP contribution in [0.1, 0.15) is 35.3 Å². The zero-order valence-corrected chi connectivity index (χ0v) is 14.6. The summed E-state index contributed by atoms with van der Waals surface area (Å²) in [4.78, 5) is 28.7. The molecule has 1 aromatic heterocycles. The Morgan fingerprint density at radius 1 is 1.15 bits per heavy atom. The van der Waals surface area contributed by atoms with Crippen molar-refractivity contribution in [2.45, 2.75) is 31.5 Å². The molecule has 2 aliphatic rings. The quantitative estimate of drug-likeness (QED) is 0.868. The Morgan fingerprint density at radius 3 is 2.58 bits per heavy atom. The Morgan fingerprint density at radius 2 is 1.88 bits per heavy atom. The second-order valence-electron chi connectivity index (χ2n) is 6.96. The fourth-order valence-corrected chi connectivity index (χ4v) is 3.76. The van der Waals surface area contributed by atoms with Crippen molar-refractivity contribution >= 4 is 22.7 Å². The number of fused-ring (bicyclic) bond motifs is 1. The van der Waals surface area contributed by atoms with Crippen LogP contribution in [0.15, 0.2) is 24.3 Å². The molecule has 26 heavy (non-hydrogen) atoms. The number of benzene rings is 1. The van der Waals surface area contributed by atoms with Crippen molar-refractivity contribution in [1.29, 1.82) is 0 Å². The molecule has 3 heterocycles. The smallest absolute Gasteiger partial charge is 0.265 e. The molecule has 2 saturated heterocycles. The van der Waals surface area contributed by atoms with Crippen LogP contribution in [0, 0.1) is 0 Å². The molecule has 1 spiro atoms. The lowest BCUT2D eigenvalue weighted by molar-refractivity contribution is -0.187. The summed E-state index contributed by atoms with van der Waals surface area (Å²) in [6.07, 6.45) is 2.61. The molecule has 7 nitrogen and oxygen atoms in total. The minimum Gasteiger partial charge on any atom is -0.364 e. The van der Waals surface area contributed by atoms with Crippen molar-refractivity contribution in [3.8, 4) is 0 Å². The van der Waals surface area contributed by atoms with Crippen LogP contribution in [-0.2, 0) is 20.7 Å². The van der Waals surface area contributed by atoms with Gasteiger partial charge in [0.2, 0.25) is 5.91 Å². The molecular formula is C19H23N3O4. The molecule has 2 amide bonds. The second-order valence-corrected chi connectivity index (χ2v) is 6.96. The second kappa shape index (κ2) is 6.74. The van der Waals surface area contributed by atoms with E-state index in [9.17, 15) is 9.59 Å². The van der Waals surface area contributed by atoms with Gasteiger partial charge in [0, 0.05) is 43.3 Å². The predicted molar refractivity (Wildman–Crippen MR) is 95.6 cm³/mol. The number of amides is 2. The lowest BCUT2D eigenvalue weighted by atomic mass is 10.0. The van der Waals surface area contributed by atoms with Gasteiger partial charge in [0.05, 0.1) is 13.2 Å². The summed E-state index contributed by atoms with van der Waals surface area (Å²) in [5.41, 5.74) is 7.63. The highest BCUT2D eigenvalue weighted by Crippen LogP contribution is 2.31. The van der Waals surface area contributed by atoms with E-state index in [-0.39, 0.29) is 5.91 Å². The molecule has 7 heteroatoms. The van der Waals surface area contributed by atoms with Gasteiger partial charge in [-0.15, -0.1) is 0 Å². The first-order valence-electron chi connectivity index (χ1n) is 9.02. The average Bonchev–Trinajstić information content (AvgIpc) is 3.27. The molecular weight excluding hydrogens is 334 g/mol. The van der Waals surface area contributed by atoms with Crippen LogP contribution in [-0.4, -0.2) is 53.8 Å². The predicted octanol–water partition coefficient (Wildman–Crippen LogP) is 1.56. The Kier molecular flexibility index (Phi) is 4.42. The van der Waals surface area contributed by atoms with Crippen molar-refractivity contribution in [2.75, 3.05) is 26.3 Å². The number of aryl methyl sites for hydroxylation is 1. The lowest BCUT2D eigenvalue weighted by Crippen LogP contribution is -2.47. The van der Waals surface area contributed by atoms with Crippen LogP contribution >= 0.6 is 0 Å². The van der Waals surface area contributed by atoms with Gasteiger partial charge in [-0.25, -0.2) is 0 Å². The molecule has 0 aliphatic carbocycles. The number of hydrogen-bond donors (Lipinski definition) is 2. The van der Waals surface area contributed by atoms with Crippen molar-refractivity contribution in [2.24, 2.45) is 5.73 Å². The standard InChI is InChI=1S/C19H23N3O4/c20-18(24)16-12-14-11-13(1-3-15(14)21-16)2-4-17(23)22-7-5-19(6-8-22)25-9-10-26-19/h1,3,11-12,21H,2,4-10H2,(H2,20,24). The number of nitrogens with two attached hydrogens (primary N) is 1. The van der Waals surface area contributed by atoms with E-state index >= 15 is 0 Å². The van der Waals surface area contributed by atoms with E-state index in [1.54, 1.807) is 6.07 Å². The van der Waals surface area contributed by atoms with Crippen LogP contribution in [0.5, 0.6) is 0 Å². The molecule has 1 aromatic carbocycles. The first-order valence-corrected chi connectivity index (χ1v) is 9.02. The van der Waals surface area contributed by atoms with Gasteiger partial charge < -0.3 is 25.1 Å². The Labute approximate surface area is 151 Å². The summed E-state index contributed by atoms with van der Waals surface area (Å²) in [6, 6.07) is 7.63. The summed E-state index contributed by atoms with van der Waals surface area (Å²) < 4.78 is 11.4. The molecule has 2 aromatic rings. The van der Waals surface area contributed by atoms with Crippen LogP contribution in [0.3, 0.4) is 0 Å². The van der Waals surface area contributed by atoms with Crippen molar-refractivity contribution < 1.29 is 19.1 Å². The summed E-state index contributed by atoms with van der Waals surface area (Å²) in [5.74, 6) is -0.769. The minimum atomic E-state index is -0.476. The van der Waals surface area contributed by atoms with E-state index in [1.807, 2.05) is 23.1 Å². The highest BCUT2D eigenvalue weighted by Gasteiger charge is 2.40. The molecule has 0 radical (unpaired) electrons. The van der Waals surface area contributed by atoms with Gasteiger partial charge in [0.15, 0.2) is 5.79 Å². The first-order chi connectivity index (χ1) is 12.5. The molecule has 2 fully saturated rings. The van der Waals surface area contributed by atoms with E-state index in [0.717, 1.165) is 29.3 Å². The largest absolute Gasteiger partial charge is 0.364 e. The molecule has 3 N–H and O–H groups in total. The third kappa shape index (κ3) is 3.32. The number of rotatable bonds is 4. The van der Waals surface area contributed by atoms with Gasteiger partial charge >= 0.3 is 0 Å². The first kappa shape index (κ1) is 17.1. The molecule has 138 valence electrons. The van der Waals surface area contributed by atoms with Crippen molar-refractivity contribution in [3.05, 3.63) is 35.5 Å². The van der Waals surface area contributed by atoms with E-state index < -0.39 is 11.7 Å². The number of primary amides is 1. The highest BCUT2D eigenvalue weighted by atomic mass is 16.7. The number of likely N-dealkylation sites (tertiary alicyclic amines) is 1. The summed E-state index contributed by atoms with van der Waals surface area (Å²) in [7, 11) is 0. The molecule has 0 saturated carbocycles. The summed E-state index contributed by atoms with van der Waals surface area (Å²) >= 11 is 0. The minimum absolute atomic E-state index is 0.157. The van der Waals surface area contributed by atoms with Crippen LogP contribution in [0.25, 0.3) is 10.9 Å². The van der Waals surface area contributed by atoms with E-state index in [1.165, 1.54) is 0 Å². The maximum absolute atomic E-state index is 12.5. The van der Waals surface area contributed by atoms with Gasteiger partial charge in [-0.3, -0.25) is 9.59 Å². The van der Waals surface area contributed by atoms with Gasteiger partial charge in [-0.1, -0.05) is 6.07 Å². The third-order valence-corrected chi connectivity index (χ3v) is 5.27. The molecule has 0 bridgehead atoms. The van der Waals surface area contributed by atoms with Gasteiger partial charge in [0.25, 0.3) is 5.91 Å². The third-order valence-electron chi connectivity index (χ3n) is 5.27. The monoisotopic (exact) mass is 357 g/mol. The summed E-state index contributed by atoms with van der Waals surface area (Å²) in [6.45, 7) is 2.65. The number of aromatic amines is 1. The fraction of sp³-hybridized carbons (Fsp3) is 0.474. The van der Waals surface area contributed by atoms with Crippen LogP contribution < -0.4 is 5.73 Å². The van der Waals surface area contributed by atoms with E-state index in [2.05, 4.69) is 4.98 Å². The van der Waals surface area contributed by atoms with Gasteiger partial charge in [0.1, 0.15) is 5.69 Å². The Balaban J connectivity index is 1.34. The molecule has 4 rings (SSSR count). The summed E-state index contributed by atoms with van der Waals surface area (Å²) in [5, 5.41) is 0.930. The number of H-pyrrole nitrogens is 1. The molecule has 0 unspecified atom stereocenters. The lowest BCUT2D eigenvalue weighted by Gasteiger charge is -2.37. The number of ether oxygens (including phenoxy) is 2. The van der Waals surface area contributed by atoms with Crippen molar-refractivity contribution in [3.63, 3.8) is 0 Å². The van der Waals surface area contributed by atoms with Crippen molar-refractivity contribution in [1.82, 2.24) is 9.88 Å². The molecule has 2 aliphatic heterocycles. The van der Waals surface area contributed by atoms with Gasteiger partial charge in [-0.2, -0.15) is 0 Å². The number of carbonyl (C=O) groups excluding carboxylic acids is 2. The van der Waals surface area contributed by atoms with Crippen LogP contribution in [0.4, 0.5) is 0 Å². The highest BCUT2D eigenvalue weighted by molar-refractivity contribution is 5.97. The zero-order chi connectivity index (χ0) is 18.1. The number of nitrogens with zero attached hydrogens (tertiary/aromatic N) is 1. The van der Waals surface area contributed by atoms with E-state index in [0.29, 0.717) is 44.8 Å².